The largest absolute Gasteiger partial charge is 0.367 e. The minimum absolute atomic E-state index is 1.21. The van der Waals surface area contributed by atoms with E-state index in [2.05, 4.69) is 41.8 Å². The molecule has 2 heteroatoms. The van der Waals surface area contributed by atoms with E-state index in [4.69, 9.17) is 0 Å². The lowest BCUT2D eigenvalue weighted by atomic mass is 10.0. The van der Waals surface area contributed by atoms with E-state index >= 15 is 0 Å². The zero-order chi connectivity index (χ0) is 11.2. The van der Waals surface area contributed by atoms with Crippen molar-refractivity contribution in [2.45, 2.75) is 39.0 Å². The summed E-state index contributed by atoms with van der Waals surface area (Å²) in [6.45, 7) is 2.24. The second-order valence-corrected chi connectivity index (χ2v) is 5.22. The van der Waals surface area contributed by atoms with Crippen LogP contribution >= 0.6 is 11.3 Å². The van der Waals surface area contributed by atoms with Gasteiger partial charge in [-0.1, -0.05) is 19.4 Å². The predicted molar refractivity (Wildman–Crippen MR) is 71.1 cm³/mol. The lowest BCUT2D eigenvalue weighted by Gasteiger charge is -2.01. The van der Waals surface area contributed by atoms with Crippen LogP contribution in [-0.2, 0) is 19.3 Å². The first-order chi connectivity index (χ1) is 7.90. The zero-order valence-corrected chi connectivity index (χ0v) is 10.6. The number of H-pyrrole nitrogens is 1. The molecule has 0 aromatic carbocycles. The summed E-state index contributed by atoms with van der Waals surface area (Å²) in [5, 5.41) is 2.16. The lowest BCUT2D eigenvalue weighted by molar-refractivity contribution is 0.813. The molecule has 0 bridgehead atoms. The van der Waals surface area contributed by atoms with E-state index < -0.39 is 0 Å². The first kappa shape index (κ1) is 11.5. The molecule has 16 heavy (non-hydrogen) atoms. The van der Waals surface area contributed by atoms with Crippen LogP contribution in [0.2, 0.25) is 0 Å². The van der Waals surface area contributed by atoms with Crippen LogP contribution in [0.5, 0.6) is 0 Å². The molecule has 0 amide bonds. The van der Waals surface area contributed by atoms with Gasteiger partial charge in [-0.15, -0.1) is 11.3 Å². The Morgan fingerprint density at radius 2 is 1.94 bits per heavy atom. The van der Waals surface area contributed by atoms with Gasteiger partial charge in [-0.25, -0.2) is 0 Å². The SMILES string of the molecule is CCCc1c[nH]cc1CCCc1cccs1. The molecule has 0 fully saturated rings. The minimum Gasteiger partial charge on any atom is -0.367 e. The molecule has 0 aliphatic carbocycles. The highest BCUT2D eigenvalue weighted by atomic mass is 32.1. The van der Waals surface area contributed by atoms with Gasteiger partial charge in [0.15, 0.2) is 0 Å². The van der Waals surface area contributed by atoms with Crippen LogP contribution in [0.4, 0.5) is 0 Å². The van der Waals surface area contributed by atoms with Gasteiger partial charge in [0.05, 0.1) is 0 Å². The number of aromatic nitrogens is 1. The molecule has 0 unspecified atom stereocenters. The number of rotatable bonds is 6. The number of thiophene rings is 1. The molecule has 2 aromatic rings. The Bertz CT molecular complexity index is 400. The van der Waals surface area contributed by atoms with Crippen LogP contribution in [0, 0.1) is 0 Å². The molecule has 0 saturated carbocycles. The number of hydrogen-bond donors (Lipinski definition) is 1. The standard InChI is InChI=1S/C14H19NS/c1-2-5-12-10-15-11-13(12)6-3-7-14-8-4-9-16-14/h4,8-11,15H,2-3,5-7H2,1H3. The summed E-state index contributed by atoms with van der Waals surface area (Å²) >= 11 is 1.87. The van der Waals surface area contributed by atoms with Gasteiger partial charge < -0.3 is 4.98 Å². The molecule has 1 nitrogen and oxygen atoms in total. The predicted octanol–water partition coefficient (Wildman–Crippen LogP) is 4.20. The van der Waals surface area contributed by atoms with Crippen molar-refractivity contribution in [3.8, 4) is 0 Å². The van der Waals surface area contributed by atoms with E-state index in [1.54, 1.807) is 0 Å². The summed E-state index contributed by atoms with van der Waals surface area (Å²) < 4.78 is 0. The maximum Gasteiger partial charge on any atom is 0.00453 e. The van der Waals surface area contributed by atoms with Crippen molar-refractivity contribution < 1.29 is 0 Å². The van der Waals surface area contributed by atoms with E-state index in [0.29, 0.717) is 0 Å². The zero-order valence-electron chi connectivity index (χ0n) is 9.83. The Balaban J connectivity index is 1.82. The molecule has 2 aromatic heterocycles. The Kier molecular flexibility index (Phi) is 4.23. The molecule has 2 heterocycles. The smallest absolute Gasteiger partial charge is 0.00453 e. The van der Waals surface area contributed by atoms with Gasteiger partial charge in [0.25, 0.3) is 0 Å². The van der Waals surface area contributed by atoms with Crippen molar-refractivity contribution >= 4 is 11.3 Å². The Labute approximate surface area is 102 Å². The van der Waals surface area contributed by atoms with E-state index in [0.717, 1.165) is 0 Å². The quantitative estimate of drug-likeness (QED) is 0.769. The third-order valence-electron chi connectivity index (χ3n) is 2.90. The molecule has 0 radical (unpaired) electrons. The molecule has 0 aliphatic rings. The van der Waals surface area contributed by atoms with Crippen molar-refractivity contribution in [3.63, 3.8) is 0 Å². The van der Waals surface area contributed by atoms with Gasteiger partial charge in [0.2, 0.25) is 0 Å². The minimum atomic E-state index is 1.21. The van der Waals surface area contributed by atoms with E-state index in [-0.39, 0.29) is 0 Å². The van der Waals surface area contributed by atoms with Gasteiger partial charge >= 0.3 is 0 Å². The van der Waals surface area contributed by atoms with Crippen LogP contribution < -0.4 is 0 Å². The van der Waals surface area contributed by atoms with Gasteiger partial charge in [-0.05, 0) is 48.3 Å². The second kappa shape index (κ2) is 5.90. The summed E-state index contributed by atoms with van der Waals surface area (Å²) in [6, 6.07) is 4.37. The maximum absolute atomic E-state index is 3.23. The average Bonchev–Trinajstić information content (AvgIpc) is 2.91. The van der Waals surface area contributed by atoms with E-state index in [1.807, 2.05) is 11.3 Å². The van der Waals surface area contributed by atoms with Crippen LogP contribution in [0.3, 0.4) is 0 Å². The fraction of sp³-hybridized carbons (Fsp3) is 0.429. The van der Waals surface area contributed by atoms with Crippen molar-refractivity contribution in [1.29, 1.82) is 0 Å². The van der Waals surface area contributed by atoms with Gasteiger partial charge in [0, 0.05) is 17.3 Å². The van der Waals surface area contributed by atoms with Crippen LogP contribution in [0.25, 0.3) is 0 Å². The average molecular weight is 233 g/mol. The highest BCUT2D eigenvalue weighted by molar-refractivity contribution is 7.09. The normalized spacial score (nSPS) is 10.8. The Hall–Kier alpha value is -1.02. The molecule has 1 N–H and O–H groups in total. The number of nitrogens with one attached hydrogen (secondary N) is 1. The van der Waals surface area contributed by atoms with Crippen molar-refractivity contribution in [3.05, 3.63) is 45.9 Å². The van der Waals surface area contributed by atoms with Crippen LogP contribution in [0.15, 0.2) is 29.9 Å². The number of aryl methyl sites for hydroxylation is 3. The fourth-order valence-electron chi connectivity index (χ4n) is 2.07. The summed E-state index contributed by atoms with van der Waals surface area (Å²) in [7, 11) is 0. The van der Waals surface area contributed by atoms with Crippen molar-refractivity contribution in [1.82, 2.24) is 4.98 Å². The molecular weight excluding hydrogens is 214 g/mol. The van der Waals surface area contributed by atoms with Crippen molar-refractivity contribution in [2.24, 2.45) is 0 Å². The summed E-state index contributed by atoms with van der Waals surface area (Å²) in [6.07, 6.45) is 10.4. The monoisotopic (exact) mass is 233 g/mol. The first-order valence-electron chi connectivity index (χ1n) is 6.07. The maximum atomic E-state index is 3.23. The number of hydrogen-bond acceptors (Lipinski definition) is 1. The lowest BCUT2D eigenvalue weighted by Crippen LogP contribution is -1.91. The van der Waals surface area contributed by atoms with Crippen LogP contribution in [0.1, 0.15) is 35.8 Å². The molecule has 0 spiro atoms. The van der Waals surface area contributed by atoms with Gasteiger partial charge in [-0.3, -0.25) is 0 Å². The Morgan fingerprint density at radius 3 is 2.62 bits per heavy atom. The third-order valence-corrected chi connectivity index (χ3v) is 3.83. The third kappa shape index (κ3) is 2.99. The summed E-state index contributed by atoms with van der Waals surface area (Å²) in [5.74, 6) is 0. The highest BCUT2D eigenvalue weighted by Crippen LogP contribution is 2.16. The Morgan fingerprint density at radius 1 is 1.12 bits per heavy atom. The molecule has 0 aliphatic heterocycles. The van der Waals surface area contributed by atoms with Gasteiger partial charge in [0.1, 0.15) is 0 Å². The molecule has 2 rings (SSSR count). The van der Waals surface area contributed by atoms with Crippen LogP contribution in [-0.4, -0.2) is 4.98 Å². The second-order valence-electron chi connectivity index (χ2n) is 4.19. The van der Waals surface area contributed by atoms with E-state index in [9.17, 15) is 0 Å². The topological polar surface area (TPSA) is 15.8 Å². The first-order valence-corrected chi connectivity index (χ1v) is 6.95. The summed E-state index contributed by atoms with van der Waals surface area (Å²) in [5.41, 5.74) is 3.02. The van der Waals surface area contributed by atoms with Gasteiger partial charge in [-0.2, -0.15) is 0 Å². The van der Waals surface area contributed by atoms with Crippen molar-refractivity contribution in [2.75, 3.05) is 0 Å². The molecule has 86 valence electrons. The molecular formula is C14H19NS. The highest BCUT2D eigenvalue weighted by Gasteiger charge is 2.03. The summed E-state index contributed by atoms with van der Waals surface area (Å²) in [4.78, 5) is 4.74. The molecule has 0 atom stereocenters. The van der Waals surface area contributed by atoms with E-state index in [1.165, 1.54) is 48.1 Å². The fourth-order valence-corrected chi connectivity index (χ4v) is 2.82. The number of aromatic amines is 1. The molecule has 0 saturated heterocycles.